The normalized spacial score (nSPS) is 12.1. The van der Waals surface area contributed by atoms with Gasteiger partial charge >= 0.3 is 11.9 Å². The lowest BCUT2D eigenvalue weighted by Crippen LogP contribution is -2.25. The minimum Gasteiger partial charge on any atom is -0.479 e. The van der Waals surface area contributed by atoms with Gasteiger partial charge in [0.15, 0.2) is 6.10 Å². The van der Waals surface area contributed by atoms with Crippen molar-refractivity contribution in [2.24, 2.45) is 0 Å². The first-order valence-electron chi connectivity index (χ1n) is 6.98. The van der Waals surface area contributed by atoms with Gasteiger partial charge in [-0.15, -0.1) is 0 Å². The highest BCUT2D eigenvalue weighted by molar-refractivity contribution is 5.76. The van der Waals surface area contributed by atoms with Crippen molar-refractivity contribution >= 4 is 11.9 Å². The van der Waals surface area contributed by atoms with Crippen molar-refractivity contribution in [2.75, 3.05) is 0 Å². The molecule has 0 saturated carbocycles. The Labute approximate surface area is 110 Å². The van der Waals surface area contributed by atoms with E-state index < -0.39 is 18.0 Å². The maximum Gasteiger partial charge on any atom is 0.345 e. The Morgan fingerprint density at radius 1 is 1.00 bits per heavy atom. The first-order chi connectivity index (χ1) is 8.57. The lowest BCUT2D eigenvalue weighted by molar-refractivity contribution is -0.163. The van der Waals surface area contributed by atoms with E-state index in [0.29, 0.717) is 6.42 Å². The van der Waals surface area contributed by atoms with E-state index in [2.05, 4.69) is 6.92 Å². The number of carbonyl (C=O) groups excluding carboxylic acids is 1. The van der Waals surface area contributed by atoms with Crippen LogP contribution in [0.5, 0.6) is 0 Å². The minimum atomic E-state index is -1.05. The fraction of sp³-hybridized carbons (Fsp3) is 0.857. The van der Waals surface area contributed by atoms with Gasteiger partial charge < -0.3 is 9.84 Å². The Balaban J connectivity index is 3.49. The molecular weight excluding hydrogens is 232 g/mol. The van der Waals surface area contributed by atoms with Crippen LogP contribution in [0.3, 0.4) is 0 Å². The molecule has 0 rings (SSSR count). The molecule has 18 heavy (non-hydrogen) atoms. The summed E-state index contributed by atoms with van der Waals surface area (Å²) < 4.78 is 4.73. The summed E-state index contributed by atoms with van der Waals surface area (Å²) in [6.45, 7) is 3.44. The molecule has 0 aromatic rings. The Morgan fingerprint density at radius 3 is 1.94 bits per heavy atom. The third-order valence-corrected chi connectivity index (χ3v) is 2.90. The molecule has 106 valence electrons. The van der Waals surface area contributed by atoms with E-state index in [-0.39, 0.29) is 0 Å². The summed E-state index contributed by atoms with van der Waals surface area (Å²) in [6.07, 6.45) is 8.72. The van der Waals surface area contributed by atoms with E-state index in [1.807, 2.05) is 0 Å². The number of hydrogen-bond donors (Lipinski definition) is 1. The van der Waals surface area contributed by atoms with E-state index in [1.165, 1.54) is 39.0 Å². The fourth-order valence-electron chi connectivity index (χ4n) is 1.90. The topological polar surface area (TPSA) is 63.6 Å². The molecule has 0 heterocycles. The number of carbonyl (C=O) groups is 2. The fourth-order valence-corrected chi connectivity index (χ4v) is 1.90. The maximum absolute atomic E-state index is 10.8. The molecule has 0 saturated heterocycles. The van der Waals surface area contributed by atoms with Crippen LogP contribution in [0.4, 0.5) is 0 Å². The van der Waals surface area contributed by atoms with Gasteiger partial charge in [0, 0.05) is 6.92 Å². The number of unbranched alkanes of at least 4 members (excludes halogenated alkanes) is 7. The van der Waals surface area contributed by atoms with Crippen molar-refractivity contribution in [3.63, 3.8) is 0 Å². The summed E-state index contributed by atoms with van der Waals surface area (Å²) in [5.41, 5.74) is 0. The van der Waals surface area contributed by atoms with Crippen molar-refractivity contribution in [1.29, 1.82) is 0 Å². The van der Waals surface area contributed by atoms with Gasteiger partial charge in [0.2, 0.25) is 0 Å². The lowest BCUT2D eigenvalue weighted by Gasteiger charge is -2.11. The Hall–Kier alpha value is -1.06. The molecule has 0 aliphatic carbocycles. The van der Waals surface area contributed by atoms with Crippen LogP contribution in [0.1, 0.15) is 71.6 Å². The van der Waals surface area contributed by atoms with Gasteiger partial charge in [0.05, 0.1) is 0 Å². The number of aliphatic carboxylic acids is 1. The molecule has 0 aliphatic rings. The first-order valence-corrected chi connectivity index (χ1v) is 6.98. The Bertz CT molecular complexity index is 238. The number of carboxylic acids is 1. The highest BCUT2D eigenvalue weighted by Gasteiger charge is 2.19. The summed E-state index contributed by atoms with van der Waals surface area (Å²) in [5, 5.41) is 8.84. The largest absolute Gasteiger partial charge is 0.479 e. The number of carboxylic acid groups (broad SMARTS) is 1. The zero-order valence-electron chi connectivity index (χ0n) is 11.6. The molecule has 1 atom stereocenters. The van der Waals surface area contributed by atoms with Gasteiger partial charge in [0.1, 0.15) is 0 Å². The lowest BCUT2D eigenvalue weighted by atomic mass is 10.1. The quantitative estimate of drug-likeness (QED) is 0.455. The summed E-state index contributed by atoms with van der Waals surface area (Å²) in [4.78, 5) is 21.5. The van der Waals surface area contributed by atoms with Gasteiger partial charge in [-0.3, -0.25) is 4.79 Å². The van der Waals surface area contributed by atoms with Crippen molar-refractivity contribution in [3.8, 4) is 0 Å². The molecule has 4 nitrogen and oxygen atoms in total. The molecule has 0 aromatic heterocycles. The SMILES string of the molecule is CCCCCCCCCC[C@H](OC(C)=O)C(=O)O. The van der Waals surface area contributed by atoms with Gasteiger partial charge in [-0.2, -0.15) is 0 Å². The van der Waals surface area contributed by atoms with Crippen LogP contribution in [0, 0.1) is 0 Å². The predicted molar refractivity (Wildman–Crippen MR) is 70.4 cm³/mol. The second-order valence-electron chi connectivity index (χ2n) is 4.70. The maximum atomic E-state index is 10.8. The molecule has 1 N–H and O–H groups in total. The van der Waals surface area contributed by atoms with Crippen molar-refractivity contribution < 1.29 is 19.4 Å². The van der Waals surface area contributed by atoms with E-state index in [4.69, 9.17) is 9.84 Å². The van der Waals surface area contributed by atoms with Crippen LogP contribution in [0.2, 0.25) is 0 Å². The van der Waals surface area contributed by atoms with Crippen molar-refractivity contribution in [1.82, 2.24) is 0 Å². The molecule has 0 amide bonds. The second-order valence-corrected chi connectivity index (χ2v) is 4.70. The van der Waals surface area contributed by atoms with E-state index >= 15 is 0 Å². The zero-order valence-corrected chi connectivity index (χ0v) is 11.6. The average Bonchev–Trinajstić information content (AvgIpc) is 2.30. The van der Waals surface area contributed by atoms with Crippen molar-refractivity contribution in [3.05, 3.63) is 0 Å². The van der Waals surface area contributed by atoms with Gasteiger partial charge in [0.25, 0.3) is 0 Å². The van der Waals surface area contributed by atoms with E-state index in [1.54, 1.807) is 0 Å². The van der Waals surface area contributed by atoms with E-state index in [0.717, 1.165) is 19.3 Å². The smallest absolute Gasteiger partial charge is 0.345 e. The second kappa shape index (κ2) is 11.1. The molecule has 0 unspecified atom stereocenters. The molecule has 0 fully saturated rings. The number of rotatable bonds is 11. The predicted octanol–water partition coefficient (Wildman–Crippen LogP) is 3.53. The Kier molecular flexibility index (Phi) is 10.4. The third-order valence-electron chi connectivity index (χ3n) is 2.90. The van der Waals surface area contributed by atoms with Crippen LogP contribution >= 0.6 is 0 Å². The van der Waals surface area contributed by atoms with Crippen LogP contribution < -0.4 is 0 Å². The van der Waals surface area contributed by atoms with Gasteiger partial charge in [-0.1, -0.05) is 51.9 Å². The minimum absolute atomic E-state index is 0.421. The van der Waals surface area contributed by atoms with Gasteiger partial charge in [-0.05, 0) is 12.8 Å². The molecule has 0 radical (unpaired) electrons. The Morgan fingerprint density at radius 2 is 1.50 bits per heavy atom. The van der Waals surface area contributed by atoms with Crippen LogP contribution in [-0.2, 0) is 14.3 Å². The molecule has 0 spiro atoms. The summed E-state index contributed by atoms with van der Waals surface area (Å²) in [6, 6.07) is 0. The van der Waals surface area contributed by atoms with Crippen LogP contribution in [0.15, 0.2) is 0 Å². The highest BCUT2D eigenvalue weighted by atomic mass is 16.6. The summed E-state index contributed by atoms with van der Waals surface area (Å²) >= 11 is 0. The molecule has 4 heteroatoms. The molecule has 0 bridgehead atoms. The van der Waals surface area contributed by atoms with Gasteiger partial charge in [-0.25, -0.2) is 4.79 Å². The molecular formula is C14H26O4. The monoisotopic (exact) mass is 258 g/mol. The summed E-state index contributed by atoms with van der Waals surface area (Å²) in [7, 11) is 0. The van der Waals surface area contributed by atoms with Crippen LogP contribution in [0.25, 0.3) is 0 Å². The number of ether oxygens (including phenoxy) is 1. The first kappa shape index (κ1) is 16.9. The average molecular weight is 258 g/mol. The highest BCUT2D eigenvalue weighted by Crippen LogP contribution is 2.12. The molecule has 0 aromatic carbocycles. The zero-order chi connectivity index (χ0) is 13.8. The van der Waals surface area contributed by atoms with Crippen molar-refractivity contribution in [2.45, 2.75) is 77.7 Å². The number of esters is 1. The summed E-state index contributed by atoms with van der Waals surface area (Å²) in [5.74, 6) is -1.57. The van der Waals surface area contributed by atoms with Crippen LogP contribution in [-0.4, -0.2) is 23.1 Å². The number of hydrogen-bond acceptors (Lipinski definition) is 3. The third kappa shape index (κ3) is 10.1. The van der Waals surface area contributed by atoms with E-state index in [9.17, 15) is 9.59 Å². The standard InChI is InChI=1S/C14H26O4/c1-3-4-5-6-7-8-9-10-11-13(14(16)17)18-12(2)15/h13H,3-11H2,1-2H3,(H,16,17)/t13-/m0/s1. The molecule has 0 aliphatic heterocycles.